The molecule has 2 aliphatic heterocycles. The van der Waals surface area contributed by atoms with E-state index in [-0.39, 0.29) is 22.8 Å². The average molecular weight is 532 g/mol. The fraction of sp³-hybridized carbons (Fsp3) is 0.367. The number of furan rings is 1. The second kappa shape index (κ2) is 9.98. The van der Waals surface area contributed by atoms with E-state index in [4.69, 9.17) is 18.8 Å². The van der Waals surface area contributed by atoms with E-state index in [9.17, 15) is 9.18 Å². The molecule has 0 spiro atoms. The monoisotopic (exact) mass is 531 g/mol. The van der Waals surface area contributed by atoms with Crippen LogP contribution in [0.25, 0.3) is 0 Å². The first-order valence-electron chi connectivity index (χ1n) is 13.0. The van der Waals surface area contributed by atoms with Gasteiger partial charge in [0.1, 0.15) is 35.2 Å². The second-order valence-corrected chi connectivity index (χ2v) is 16.2. The smallest absolute Gasteiger partial charge is 0.254 e. The van der Waals surface area contributed by atoms with Gasteiger partial charge in [-0.05, 0) is 65.7 Å². The summed E-state index contributed by atoms with van der Waals surface area (Å²) in [5, 5.41) is 0.0622. The molecule has 38 heavy (non-hydrogen) atoms. The number of nitrogens with zero attached hydrogens (tertiary/aromatic N) is 3. The highest BCUT2D eigenvalue weighted by Gasteiger charge is 2.44. The lowest BCUT2D eigenvalue weighted by molar-refractivity contribution is -0.128. The van der Waals surface area contributed by atoms with Crippen molar-refractivity contribution in [2.24, 2.45) is 9.98 Å². The summed E-state index contributed by atoms with van der Waals surface area (Å²) in [6.45, 7) is 11.1. The van der Waals surface area contributed by atoms with Gasteiger partial charge in [0.05, 0.1) is 12.3 Å². The van der Waals surface area contributed by atoms with E-state index in [1.165, 1.54) is 12.1 Å². The van der Waals surface area contributed by atoms with E-state index in [1.807, 2.05) is 42.6 Å². The number of rotatable bonds is 7. The third kappa shape index (κ3) is 5.22. The van der Waals surface area contributed by atoms with Crippen LogP contribution in [-0.4, -0.2) is 43.3 Å². The fourth-order valence-corrected chi connectivity index (χ4v) is 5.60. The molecular formula is C30H34FN3O3Si. The van der Waals surface area contributed by atoms with E-state index in [2.05, 4.69) is 33.9 Å². The zero-order chi connectivity index (χ0) is 27.1. The number of benzene rings is 2. The van der Waals surface area contributed by atoms with Crippen molar-refractivity contribution in [3.63, 3.8) is 0 Å². The molecule has 198 valence electrons. The zero-order valence-electron chi connectivity index (χ0n) is 22.5. The molecule has 0 N–H and O–H groups in total. The van der Waals surface area contributed by atoms with Gasteiger partial charge in [0.25, 0.3) is 5.91 Å². The summed E-state index contributed by atoms with van der Waals surface area (Å²) in [5.74, 6) is 1.79. The van der Waals surface area contributed by atoms with Crippen molar-refractivity contribution in [1.29, 1.82) is 0 Å². The van der Waals surface area contributed by atoms with Crippen molar-refractivity contribution < 1.29 is 18.0 Å². The fourth-order valence-electron chi connectivity index (χ4n) is 4.58. The Hall–Kier alpha value is -3.52. The van der Waals surface area contributed by atoms with Crippen LogP contribution < -0.4 is 4.43 Å². The van der Waals surface area contributed by atoms with E-state index < -0.39 is 20.4 Å². The lowest BCUT2D eigenvalue weighted by atomic mass is 9.99. The van der Waals surface area contributed by atoms with E-state index in [0.717, 1.165) is 16.9 Å². The first-order valence-corrected chi connectivity index (χ1v) is 15.9. The largest absolute Gasteiger partial charge is 0.543 e. The Kier molecular flexibility index (Phi) is 6.86. The van der Waals surface area contributed by atoms with Crippen LogP contribution in [0.3, 0.4) is 0 Å². The molecule has 0 radical (unpaired) electrons. The predicted molar refractivity (Wildman–Crippen MR) is 150 cm³/mol. The molecular weight excluding hydrogens is 497 g/mol. The number of halogens is 1. The molecule has 1 aromatic heterocycles. The van der Waals surface area contributed by atoms with Gasteiger partial charge in [0.15, 0.2) is 0 Å². The minimum absolute atomic E-state index is 0.0622. The second-order valence-electron chi connectivity index (χ2n) is 11.5. The lowest BCUT2D eigenvalue weighted by Crippen LogP contribution is -2.47. The summed E-state index contributed by atoms with van der Waals surface area (Å²) in [5.41, 5.74) is 1.85. The Morgan fingerprint density at radius 2 is 1.79 bits per heavy atom. The zero-order valence-corrected chi connectivity index (χ0v) is 23.5. The number of carbonyl (C=O) groups is 1. The summed E-state index contributed by atoms with van der Waals surface area (Å²) in [6, 6.07) is 16.7. The Morgan fingerprint density at radius 3 is 2.47 bits per heavy atom. The van der Waals surface area contributed by atoms with Crippen molar-refractivity contribution in [3.8, 4) is 5.75 Å². The van der Waals surface area contributed by atoms with Crippen molar-refractivity contribution in [2.45, 2.75) is 69.9 Å². The van der Waals surface area contributed by atoms with Crippen molar-refractivity contribution in [1.82, 2.24) is 4.90 Å². The molecule has 6 nitrogen and oxygen atoms in total. The third-order valence-electron chi connectivity index (χ3n) is 7.74. The Balaban J connectivity index is 1.47. The van der Waals surface area contributed by atoms with Crippen LogP contribution in [0.15, 0.2) is 81.3 Å². The van der Waals surface area contributed by atoms with E-state index in [1.54, 1.807) is 23.3 Å². The number of amides is 1. The van der Waals surface area contributed by atoms with Crippen molar-refractivity contribution in [3.05, 3.63) is 89.6 Å². The Labute approximate surface area is 224 Å². The molecule has 0 fully saturated rings. The van der Waals surface area contributed by atoms with Crippen LogP contribution in [0.1, 0.15) is 43.7 Å². The van der Waals surface area contributed by atoms with Gasteiger partial charge in [-0.25, -0.2) is 4.39 Å². The van der Waals surface area contributed by atoms with Crippen LogP contribution in [-0.2, 0) is 17.6 Å². The van der Waals surface area contributed by atoms with Crippen LogP contribution in [0.2, 0.25) is 18.1 Å². The molecule has 2 aliphatic rings. The average Bonchev–Trinajstić information content (AvgIpc) is 3.49. The van der Waals surface area contributed by atoms with Crippen LogP contribution in [0.4, 0.5) is 4.39 Å². The number of amidine groups is 1. The summed E-state index contributed by atoms with van der Waals surface area (Å²) in [4.78, 5) is 25.3. The van der Waals surface area contributed by atoms with Gasteiger partial charge < -0.3 is 8.84 Å². The first-order chi connectivity index (χ1) is 18.0. The van der Waals surface area contributed by atoms with Gasteiger partial charge in [0.2, 0.25) is 8.32 Å². The molecule has 3 aromatic rings. The van der Waals surface area contributed by atoms with Crippen molar-refractivity contribution >= 4 is 26.3 Å². The summed E-state index contributed by atoms with van der Waals surface area (Å²) in [6.07, 6.45) is 4.35. The molecule has 0 saturated carbocycles. The number of fused-ring (bicyclic) bond motifs is 1. The maximum Gasteiger partial charge on any atom is 0.254 e. The van der Waals surface area contributed by atoms with Gasteiger partial charge in [0, 0.05) is 19.1 Å². The van der Waals surface area contributed by atoms with Gasteiger partial charge in [-0.3, -0.25) is 19.7 Å². The highest BCUT2D eigenvalue weighted by atomic mass is 28.4. The topological polar surface area (TPSA) is 67.4 Å². The van der Waals surface area contributed by atoms with Crippen LogP contribution >= 0.6 is 0 Å². The van der Waals surface area contributed by atoms with Gasteiger partial charge >= 0.3 is 0 Å². The van der Waals surface area contributed by atoms with E-state index >= 15 is 0 Å². The number of carbonyl (C=O) groups excluding carboxylic acids is 1. The molecule has 0 aliphatic carbocycles. The lowest BCUT2D eigenvalue weighted by Gasteiger charge is -2.37. The highest BCUT2D eigenvalue weighted by molar-refractivity contribution is 6.74. The number of aliphatic imine (C=N–C) groups is 2. The van der Waals surface area contributed by atoms with E-state index in [0.29, 0.717) is 24.4 Å². The molecule has 5 rings (SSSR count). The molecule has 2 aromatic carbocycles. The molecule has 3 atom stereocenters. The molecule has 8 heteroatoms. The minimum atomic E-state index is -2.04. The number of hydrogen-bond donors (Lipinski definition) is 0. The van der Waals surface area contributed by atoms with Gasteiger partial charge in [-0.2, -0.15) is 0 Å². The maximum absolute atomic E-state index is 13.8. The maximum atomic E-state index is 13.8. The summed E-state index contributed by atoms with van der Waals surface area (Å²) >= 11 is 0. The SMILES string of the molecule is CC(C)(C)[Si](C)(C)Oc1cccc(C2C=NC(Cc3ccc(F)cc3)C3=NC(Cc4ccco4)C(=O)N32)c1. The van der Waals surface area contributed by atoms with Gasteiger partial charge in [-0.15, -0.1) is 0 Å². The van der Waals surface area contributed by atoms with Gasteiger partial charge in [-0.1, -0.05) is 45.0 Å². The molecule has 0 saturated heterocycles. The summed E-state index contributed by atoms with van der Waals surface area (Å²) in [7, 11) is -2.04. The van der Waals surface area contributed by atoms with Crippen LogP contribution in [0, 0.1) is 5.82 Å². The minimum Gasteiger partial charge on any atom is -0.543 e. The standard InChI is InChI=1S/C30H34FN3O3Si/c1-30(2,3)38(4,5)37-24-9-6-8-21(17-24)27-19-32-25(16-20-11-13-22(31)14-12-20)28-33-26(29(35)34(27)28)18-23-10-7-15-36-23/h6-15,17,19,25-27H,16,18H2,1-5H3. The summed E-state index contributed by atoms with van der Waals surface area (Å²) < 4.78 is 25.5. The third-order valence-corrected chi connectivity index (χ3v) is 12.1. The molecule has 0 bridgehead atoms. The Bertz CT molecular complexity index is 1360. The number of hydrogen-bond acceptors (Lipinski definition) is 5. The normalized spacial score (nSPS) is 21.4. The predicted octanol–water partition coefficient (Wildman–Crippen LogP) is 6.39. The quantitative estimate of drug-likeness (QED) is 0.332. The highest BCUT2D eigenvalue weighted by Crippen LogP contribution is 2.39. The van der Waals surface area contributed by atoms with Crippen LogP contribution in [0.5, 0.6) is 5.75 Å². The molecule has 1 amide bonds. The molecule has 3 heterocycles. The first kappa shape index (κ1) is 26.1. The Morgan fingerprint density at radius 1 is 1.03 bits per heavy atom. The van der Waals surface area contributed by atoms with Crippen molar-refractivity contribution in [2.75, 3.05) is 0 Å². The molecule has 3 unspecified atom stereocenters.